The SMILES string of the molecule is Cc1ccc(OC2CCN(S(=O)(=O)c3cccc(Cl)c3)C2)nc1. The maximum absolute atomic E-state index is 12.6. The molecule has 0 aliphatic carbocycles. The third kappa shape index (κ3) is 3.65. The van der Waals surface area contributed by atoms with Gasteiger partial charge in [0.1, 0.15) is 6.10 Å². The van der Waals surface area contributed by atoms with Crippen LogP contribution in [0.2, 0.25) is 5.02 Å². The monoisotopic (exact) mass is 352 g/mol. The Balaban J connectivity index is 1.70. The first kappa shape index (κ1) is 16.2. The van der Waals surface area contributed by atoms with Crippen LogP contribution in [0.5, 0.6) is 5.88 Å². The maximum Gasteiger partial charge on any atom is 0.243 e. The predicted octanol–water partition coefficient (Wildman–Crippen LogP) is 2.89. The summed E-state index contributed by atoms with van der Waals surface area (Å²) in [5, 5.41) is 0.405. The molecule has 1 unspecified atom stereocenters. The van der Waals surface area contributed by atoms with Gasteiger partial charge in [0.2, 0.25) is 15.9 Å². The molecule has 1 saturated heterocycles. The van der Waals surface area contributed by atoms with Crippen LogP contribution in [0.25, 0.3) is 0 Å². The smallest absolute Gasteiger partial charge is 0.243 e. The highest BCUT2D eigenvalue weighted by atomic mass is 35.5. The zero-order chi connectivity index (χ0) is 16.4. The van der Waals surface area contributed by atoms with E-state index in [1.165, 1.54) is 10.4 Å². The standard InChI is InChI=1S/C16H17ClN2O3S/c1-12-5-6-16(18-10-12)22-14-7-8-19(11-14)23(20,21)15-4-2-3-13(17)9-15/h2-6,9-10,14H,7-8,11H2,1H3. The minimum atomic E-state index is -3.54. The summed E-state index contributed by atoms with van der Waals surface area (Å²) in [4.78, 5) is 4.40. The van der Waals surface area contributed by atoms with Crippen molar-refractivity contribution < 1.29 is 13.2 Å². The number of halogens is 1. The van der Waals surface area contributed by atoms with Gasteiger partial charge in [-0.2, -0.15) is 4.31 Å². The molecule has 1 fully saturated rings. The van der Waals surface area contributed by atoms with Crippen LogP contribution in [0.4, 0.5) is 0 Å². The number of hydrogen-bond acceptors (Lipinski definition) is 4. The Labute approximate surface area is 140 Å². The fourth-order valence-electron chi connectivity index (χ4n) is 2.48. The Morgan fingerprint density at radius 1 is 1.30 bits per heavy atom. The molecule has 122 valence electrons. The Morgan fingerprint density at radius 3 is 2.83 bits per heavy atom. The number of aryl methyl sites for hydroxylation is 1. The number of pyridine rings is 1. The normalized spacial score (nSPS) is 19.0. The average Bonchev–Trinajstić information content (AvgIpc) is 2.99. The van der Waals surface area contributed by atoms with Crippen LogP contribution in [0.15, 0.2) is 47.5 Å². The molecular formula is C16H17ClN2O3S. The lowest BCUT2D eigenvalue weighted by Crippen LogP contribution is -2.31. The Bertz CT molecular complexity index is 793. The van der Waals surface area contributed by atoms with Crippen molar-refractivity contribution in [2.75, 3.05) is 13.1 Å². The summed E-state index contributed by atoms with van der Waals surface area (Å²) in [5.74, 6) is 0.516. The lowest BCUT2D eigenvalue weighted by atomic mass is 10.3. The van der Waals surface area contributed by atoms with Crippen LogP contribution in [0, 0.1) is 6.92 Å². The van der Waals surface area contributed by atoms with E-state index in [9.17, 15) is 8.42 Å². The Hall–Kier alpha value is -1.63. The Morgan fingerprint density at radius 2 is 2.13 bits per heavy atom. The summed E-state index contributed by atoms with van der Waals surface area (Å²) in [5.41, 5.74) is 1.05. The van der Waals surface area contributed by atoms with E-state index >= 15 is 0 Å². The maximum atomic E-state index is 12.6. The number of aromatic nitrogens is 1. The van der Waals surface area contributed by atoms with E-state index in [0.29, 0.717) is 30.4 Å². The summed E-state index contributed by atoms with van der Waals surface area (Å²) in [6.07, 6.45) is 2.17. The van der Waals surface area contributed by atoms with Gasteiger partial charge in [0, 0.05) is 23.8 Å². The molecule has 1 aliphatic rings. The zero-order valence-electron chi connectivity index (χ0n) is 12.6. The van der Waals surface area contributed by atoms with Crippen LogP contribution >= 0.6 is 11.6 Å². The van der Waals surface area contributed by atoms with Crippen molar-refractivity contribution in [1.29, 1.82) is 0 Å². The van der Waals surface area contributed by atoms with Crippen molar-refractivity contribution >= 4 is 21.6 Å². The van der Waals surface area contributed by atoms with Gasteiger partial charge in [-0.05, 0) is 37.1 Å². The fourth-order valence-corrected chi connectivity index (χ4v) is 4.27. The van der Waals surface area contributed by atoms with Gasteiger partial charge in [0.05, 0.1) is 11.4 Å². The van der Waals surface area contributed by atoms with Crippen molar-refractivity contribution in [3.8, 4) is 5.88 Å². The predicted molar refractivity (Wildman–Crippen MR) is 88.2 cm³/mol. The molecule has 1 aromatic carbocycles. The lowest BCUT2D eigenvalue weighted by Gasteiger charge is -2.17. The van der Waals surface area contributed by atoms with E-state index in [0.717, 1.165) is 5.56 Å². The van der Waals surface area contributed by atoms with Gasteiger partial charge in [0.15, 0.2) is 0 Å². The fraction of sp³-hybridized carbons (Fsp3) is 0.312. The minimum Gasteiger partial charge on any atom is -0.473 e. The number of ether oxygens (including phenoxy) is 1. The summed E-state index contributed by atoms with van der Waals surface area (Å²) in [6.45, 7) is 2.68. The van der Waals surface area contributed by atoms with E-state index in [2.05, 4.69) is 4.98 Å². The highest BCUT2D eigenvalue weighted by molar-refractivity contribution is 7.89. The van der Waals surface area contributed by atoms with Gasteiger partial charge in [-0.3, -0.25) is 0 Å². The molecule has 7 heteroatoms. The van der Waals surface area contributed by atoms with E-state index in [1.807, 2.05) is 13.0 Å². The number of benzene rings is 1. The largest absolute Gasteiger partial charge is 0.473 e. The minimum absolute atomic E-state index is 0.195. The molecule has 0 spiro atoms. The van der Waals surface area contributed by atoms with Crippen molar-refractivity contribution in [3.63, 3.8) is 0 Å². The summed E-state index contributed by atoms with van der Waals surface area (Å²) < 4.78 is 32.5. The summed E-state index contributed by atoms with van der Waals surface area (Å²) >= 11 is 5.89. The molecule has 23 heavy (non-hydrogen) atoms. The number of rotatable bonds is 4. The molecule has 1 aliphatic heterocycles. The molecule has 0 radical (unpaired) electrons. The van der Waals surface area contributed by atoms with Gasteiger partial charge < -0.3 is 4.74 Å². The van der Waals surface area contributed by atoms with E-state index in [4.69, 9.17) is 16.3 Å². The molecule has 3 rings (SSSR count). The van der Waals surface area contributed by atoms with Crippen LogP contribution in [-0.2, 0) is 10.0 Å². The number of sulfonamides is 1. The van der Waals surface area contributed by atoms with Gasteiger partial charge >= 0.3 is 0 Å². The molecule has 0 bridgehead atoms. The van der Waals surface area contributed by atoms with Crippen molar-refractivity contribution in [3.05, 3.63) is 53.2 Å². The van der Waals surface area contributed by atoms with Crippen molar-refractivity contribution in [2.45, 2.75) is 24.3 Å². The zero-order valence-corrected chi connectivity index (χ0v) is 14.2. The lowest BCUT2D eigenvalue weighted by molar-refractivity contribution is 0.207. The topological polar surface area (TPSA) is 59.5 Å². The second-order valence-electron chi connectivity index (χ2n) is 5.52. The van der Waals surface area contributed by atoms with Crippen LogP contribution in [-0.4, -0.2) is 36.9 Å². The molecule has 1 aromatic heterocycles. The highest BCUT2D eigenvalue weighted by Crippen LogP contribution is 2.25. The molecule has 2 aromatic rings. The third-order valence-corrected chi connectivity index (χ3v) is 5.81. The molecular weight excluding hydrogens is 336 g/mol. The van der Waals surface area contributed by atoms with Crippen LogP contribution in [0.3, 0.4) is 0 Å². The Kier molecular flexibility index (Phi) is 4.57. The molecule has 1 atom stereocenters. The van der Waals surface area contributed by atoms with Gasteiger partial charge in [-0.25, -0.2) is 13.4 Å². The van der Waals surface area contributed by atoms with Gasteiger partial charge in [0.25, 0.3) is 0 Å². The average molecular weight is 353 g/mol. The quantitative estimate of drug-likeness (QED) is 0.849. The van der Waals surface area contributed by atoms with Crippen LogP contribution in [0.1, 0.15) is 12.0 Å². The number of nitrogens with zero attached hydrogens (tertiary/aromatic N) is 2. The highest BCUT2D eigenvalue weighted by Gasteiger charge is 2.33. The van der Waals surface area contributed by atoms with Crippen molar-refractivity contribution in [2.24, 2.45) is 0 Å². The number of hydrogen-bond donors (Lipinski definition) is 0. The first-order chi connectivity index (χ1) is 10.9. The molecule has 2 heterocycles. The summed E-state index contributed by atoms with van der Waals surface area (Å²) in [6, 6.07) is 10.0. The van der Waals surface area contributed by atoms with E-state index in [1.54, 1.807) is 30.5 Å². The van der Waals surface area contributed by atoms with Crippen molar-refractivity contribution in [1.82, 2.24) is 9.29 Å². The molecule has 5 nitrogen and oxygen atoms in total. The molecule has 0 saturated carbocycles. The van der Waals surface area contributed by atoms with E-state index in [-0.39, 0.29) is 11.0 Å². The van der Waals surface area contributed by atoms with E-state index < -0.39 is 10.0 Å². The second kappa shape index (κ2) is 6.47. The van der Waals surface area contributed by atoms with Crippen LogP contribution < -0.4 is 4.74 Å². The third-order valence-electron chi connectivity index (χ3n) is 3.71. The van der Waals surface area contributed by atoms with Gasteiger partial charge in [-0.1, -0.05) is 23.7 Å². The molecule has 0 amide bonds. The second-order valence-corrected chi connectivity index (χ2v) is 7.90. The first-order valence-electron chi connectivity index (χ1n) is 7.30. The summed E-state index contributed by atoms with van der Waals surface area (Å²) in [7, 11) is -3.54. The first-order valence-corrected chi connectivity index (χ1v) is 9.12. The van der Waals surface area contributed by atoms with Gasteiger partial charge in [-0.15, -0.1) is 0 Å². The molecule has 0 N–H and O–H groups in total.